The van der Waals surface area contributed by atoms with Crippen LogP contribution in [0.2, 0.25) is 0 Å². The predicted molar refractivity (Wildman–Crippen MR) is 56.5 cm³/mol. The van der Waals surface area contributed by atoms with Crippen LogP contribution in [-0.2, 0) is 0 Å². The van der Waals surface area contributed by atoms with Gasteiger partial charge in [0.05, 0.1) is 11.4 Å². The molecular weight excluding hydrogens is 199 g/mol. The molecule has 4 N–H and O–H groups in total. The zero-order valence-electron chi connectivity index (χ0n) is 7.96. The summed E-state index contributed by atoms with van der Waals surface area (Å²) < 4.78 is 13.0. The Balaban J connectivity index is 3.20. The van der Waals surface area contributed by atoms with Crippen LogP contribution in [0.1, 0.15) is 10.4 Å². The molecule has 0 amide bonds. The molecule has 0 aliphatic carbocycles. The molecule has 1 rings (SSSR count). The first-order valence-electron chi connectivity index (χ1n) is 4.24. The molecule has 1 aromatic carbocycles. The van der Waals surface area contributed by atoms with Crippen molar-refractivity contribution in [2.24, 2.45) is 0 Å². The molecule has 4 nitrogen and oxygen atoms in total. The summed E-state index contributed by atoms with van der Waals surface area (Å²) in [4.78, 5) is 10.8. The highest BCUT2D eigenvalue weighted by Crippen LogP contribution is 2.24. The largest absolute Gasteiger partial charge is 0.478 e. The van der Waals surface area contributed by atoms with E-state index in [4.69, 9.17) is 10.8 Å². The normalized spacial score (nSPS) is 9.67. The van der Waals surface area contributed by atoms with Gasteiger partial charge in [0.2, 0.25) is 0 Å². The SMILES string of the molecule is C=CCNc1ccc(F)c(N)c1C(=O)O. The second kappa shape index (κ2) is 4.45. The number of benzene rings is 1. The Morgan fingerprint density at radius 2 is 2.33 bits per heavy atom. The molecule has 0 aromatic heterocycles. The first kappa shape index (κ1) is 11.0. The molecule has 0 heterocycles. The standard InChI is InChI=1S/C10H11FN2O2/c1-2-5-13-7-4-3-6(11)9(12)8(7)10(14)15/h2-4,13H,1,5,12H2,(H,14,15). The van der Waals surface area contributed by atoms with Gasteiger partial charge in [0.15, 0.2) is 0 Å². The van der Waals surface area contributed by atoms with Crippen LogP contribution in [0, 0.1) is 5.82 Å². The quantitative estimate of drug-likeness (QED) is 0.522. The fraction of sp³-hybridized carbons (Fsp3) is 0.100. The number of aromatic carboxylic acids is 1. The Labute approximate surface area is 86.2 Å². The van der Waals surface area contributed by atoms with Crippen molar-refractivity contribution < 1.29 is 14.3 Å². The van der Waals surface area contributed by atoms with Gasteiger partial charge in [0, 0.05) is 6.54 Å². The highest BCUT2D eigenvalue weighted by molar-refractivity contribution is 6.00. The average molecular weight is 210 g/mol. The smallest absolute Gasteiger partial charge is 0.340 e. The molecule has 0 aliphatic rings. The van der Waals surface area contributed by atoms with Gasteiger partial charge in [0.1, 0.15) is 11.4 Å². The van der Waals surface area contributed by atoms with Crippen molar-refractivity contribution in [2.45, 2.75) is 0 Å². The number of carboxylic acids is 1. The molecule has 0 aliphatic heterocycles. The predicted octanol–water partition coefficient (Wildman–Crippen LogP) is 1.70. The number of carbonyl (C=O) groups is 1. The Hall–Kier alpha value is -2.04. The summed E-state index contributed by atoms with van der Waals surface area (Å²) in [5.41, 5.74) is 5.00. The highest BCUT2D eigenvalue weighted by Gasteiger charge is 2.16. The van der Waals surface area contributed by atoms with Gasteiger partial charge in [-0.1, -0.05) is 6.08 Å². The third-order valence-electron chi connectivity index (χ3n) is 1.84. The summed E-state index contributed by atoms with van der Waals surface area (Å²) in [6.45, 7) is 3.86. The number of hydrogen-bond acceptors (Lipinski definition) is 3. The van der Waals surface area contributed by atoms with Gasteiger partial charge >= 0.3 is 5.97 Å². The number of rotatable bonds is 4. The Morgan fingerprint density at radius 1 is 1.67 bits per heavy atom. The molecule has 80 valence electrons. The molecule has 0 spiro atoms. The van der Waals surface area contributed by atoms with Crippen LogP contribution in [-0.4, -0.2) is 17.6 Å². The lowest BCUT2D eigenvalue weighted by molar-refractivity contribution is 0.0698. The minimum absolute atomic E-state index is 0.253. The third kappa shape index (κ3) is 2.25. The van der Waals surface area contributed by atoms with E-state index in [0.29, 0.717) is 6.54 Å². The lowest BCUT2D eigenvalue weighted by atomic mass is 10.1. The maximum absolute atomic E-state index is 13.0. The number of nitrogens with two attached hydrogens (primary N) is 1. The van der Waals surface area contributed by atoms with Crippen molar-refractivity contribution in [1.29, 1.82) is 0 Å². The molecule has 15 heavy (non-hydrogen) atoms. The second-order valence-corrected chi connectivity index (χ2v) is 2.86. The summed E-state index contributed by atoms with van der Waals surface area (Å²) in [5, 5.41) is 11.6. The van der Waals surface area contributed by atoms with E-state index < -0.39 is 11.8 Å². The summed E-state index contributed by atoms with van der Waals surface area (Å²) in [7, 11) is 0. The van der Waals surface area contributed by atoms with Crippen molar-refractivity contribution in [3.05, 3.63) is 36.2 Å². The Kier molecular flexibility index (Phi) is 3.28. The van der Waals surface area contributed by atoms with Gasteiger partial charge < -0.3 is 16.2 Å². The van der Waals surface area contributed by atoms with E-state index in [0.717, 1.165) is 6.07 Å². The molecule has 0 bridgehead atoms. The van der Waals surface area contributed by atoms with Gasteiger partial charge in [-0.25, -0.2) is 9.18 Å². The summed E-state index contributed by atoms with van der Waals surface area (Å²) >= 11 is 0. The molecular formula is C10H11FN2O2. The fourth-order valence-corrected chi connectivity index (χ4v) is 1.15. The van der Waals surface area contributed by atoms with E-state index in [2.05, 4.69) is 11.9 Å². The molecule has 0 saturated carbocycles. The van der Waals surface area contributed by atoms with E-state index in [9.17, 15) is 9.18 Å². The minimum atomic E-state index is -1.27. The molecule has 0 unspecified atom stereocenters. The van der Waals surface area contributed by atoms with E-state index in [-0.39, 0.29) is 16.9 Å². The number of hydrogen-bond donors (Lipinski definition) is 3. The molecule has 1 aromatic rings. The molecule has 0 radical (unpaired) electrons. The molecule has 5 heteroatoms. The lowest BCUT2D eigenvalue weighted by Gasteiger charge is -2.10. The lowest BCUT2D eigenvalue weighted by Crippen LogP contribution is -2.10. The Morgan fingerprint density at radius 3 is 2.87 bits per heavy atom. The summed E-state index contributed by atoms with van der Waals surface area (Å²) in [5.74, 6) is -2.00. The van der Waals surface area contributed by atoms with Crippen LogP contribution in [0.4, 0.5) is 15.8 Å². The fourth-order valence-electron chi connectivity index (χ4n) is 1.15. The number of nitrogens with one attached hydrogen (secondary N) is 1. The van der Waals surface area contributed by atoms with Crippen LogP contribution < -0.4 is 11.1 Å². The van der Waals surface area contributed by atoms with Crippen molar-refractivity contribution in [3.63, 3.8) is 0 Å². The first-order valence-corrected chi connectivity index (χ1v) is 4.24. The van der Waals surface area contributed by atoms with Crippen molar-refractivity contribution in [1.82, 2.24) is 0 Å². The zero-order valence-corrected chi connectivity index (χ0v) is 7.96. The third-order valence-corrected chi connectivity index (χ3v) is 1.84. The van der Waals surface area contributed by atoms with E-state index in [1.165, 1.54) is 6.07 Å². The number of halogens is 1. The highest BCUT2D eigenvalue weighted by atomic mass is 19.1. The number of nitrogen functional groups attached to an aromatic ring is 1. The van der Waals surface area contributed by atoms with Gasteiger partial charge in [0.25, 0.3) is 0 Å². The van der Waals surface area contributed by atoms with Crippen molar-refractivity contribution in [3.8, 4) is 0 Å². The van der Waals surface area contributed by atoms with Gasteiger partial charge in [-0.15, -0.1) is 6.58 Å². The number of carboxylic acid groups (broad SMARTS) is 1. The van der Waals surface area contributed by atoms with Crippen LogP contribution in [0.15, 0.2) is 24.8 Å². The monoisotopic (exact) mass is 210 g/mol. The van der Waals surface area contributed by atoms with E-state index in [1.54, 1.807) is 6.08 Å². The zero-order chi connectivity index (χ0) is 11.4. The average Bonchev–Trinajstić information content (AvgIpc) is 2.19. The van der Waals surface area contributed by atoms with E-state index in [1.807, 2.05) is 0 Å². The summed E-state index contributed by atoms with van der Waals surface area (Å²) in [6.07, 6.45) is 1.56. The van der Waals surface area contributed by atoms with Crippen LogP contribution in [0.3, 0.4) is 0 Å². The Bertz CT molecular complexity index is 405. The maximum atomic E-state index is 13.0. The van der Waals surface area contributed by atoms with E-state index >= 15 is 0 Å². The van der Waals surface area contributed by atoms with Crippen LogP contribution >= 0.6 is 0 Å². The second-order valence-electron chi connectivity index (χ2n) is 2.86. The van der Waals surface area contributed by atoms with Crippen molar-refractivity contribution in [2.75, 3.05) is 17.6 Å². The molecule has 0 saturated heterocycles. The van der Waals surface area contributed by atoms with Crippen LogP contribution in [0.25, 0.3) is 0 Å². The molecule has 0 atom stereocenters. The minimum Gasteiger partial charge on any atom is -0.478 e. The first-order chi connectivity index (χ1) is 7.07. The van der Waals surface area contributed by atoms with Gasteiger partial charge in [-0.3, -0.25) is 0 Å². The van der Waals surface area contributed by atoms with Gasteiger partial charge in [-0.2, -0.15) is 0 Å². The molecule has 0 fully saturated rings. The van der Waals surface area contributed by atoms with Crippen LogP contribution in [0.5, 0.6) is 0 Å². The number of anilines is 2. The summed E-state index contributed by atoms with van der Waals surface area (Å²) in [6, 6.07) is 2.45. The van der Waals surface area contributed by atoms with Gasteiger partial charge in [-0.05, 0) is 12.1 Å². The topological polar surface area (TPSA) is 75.3 Å². The van der Waals surface area contributed by atoms with Crippen molar-refractivity contribution >= 4 is 17.3 Å². The maximum Gasteiger partial charge on any atom is 0.340 e.